The van der Waals surface area contributed by atoms with Crippen LogP contribution in [0.5, 0.6) is 0 Å². The number of hydrogen-bond donors (Lipinski definition) is 2. The van der Waals surface area contributed by atoms with Crippen molar-refractivity contribution in [3.05, 3.63) is 30.1 Å². The Bertz CT molecular complexity index is 287. The van der Waals surface area contributed by atoms with Gasteiger partial charge < -0.3 is 11.1 Å². The van der Waals surface area contributed by atoms with Gasteiger partial charge in [0, 0.05) is 12.4 Å². The molecule has 1 unspecified atom stereocenters. The van der Waals surface area contributed by atoms with Crippen LogP contribution in [0.25, 0.3) is 0 Å². The molecule has 0 bridgehead atoms. The van der Waals surface area contributed by atoms with Crippen molar-refractivity contribution in [1.82, 2.24) is 10.3 Å². The molecule has 1 aromatic heterocycles. The first-order valence-corrected chi connectivity index (χ1v) is 4.68. The Kier molecular flexibility index (Phi) is 4.07. The molecule has 4 heteroatoms. The van der Waals surface area contributed by atoms with Crippen LogP contribution < -0.4 is 11.1 Å². The molecule has 3 N–H and O–H groups in total. The van der Waals surface area contributed by atoms with E-state index in [1.54, 1.807) is 24.5 Å². The second-order valence-corrected chi connectivity index (χ2v) is 3.07. The molecule has 0 radical (unpaired) electrons. The number of pyridine rings is 1. The number of carbonyl (C=O) groups excluding carboxylic acids is 1. The van der Waals surface area contributed by atoms with E-state index in [0.29, 0.717) is 0 Å². The van der Waals surface area contributed by atoms with Crippen molar-refractivity contribution in [2.75, 3.05) is 6.54 Å². The lowest BCUT2D eigenvalue weighted by Gasteiger charge is -2.14. The van der Waals surface area contributed by atoms with Crippen molar-refractivity contribution in [3.8, 4) is 0 Å². The number of rotatable bonds is 5. The van der Waals surface area contributed by atoms with E-state index in [4.69, 9.17) is 5.73 Å². The van der Waals surface area contributed by atoms with Crippen LogP contribution in [-0.4, -0.2) is 17.4 Å². The lowest BCUT2D eigenvalue weighted by molar-refractivity contribution is -0.120. The van der Waals surface area contributed by atoms with E-state index in [-0.39, 0.29) is 5.91 Å². The minimum Gasteiger partial charge on any atom is -0.368 e. The van der Waals surface area contributed by atoms with Crippen LogP contribution in [0.1, 0.15) is 24.9 Å². The highest BCUT2D eigenvalue weighted by molar-refractivity contribution is 5.81. The van der Waals surface area contributed by atoms with Crippen LogP contribution >= 0.6 is 0 Å². The second kappa shape index (κ2) is 5.34. The zero-order chi connectivity index (χ0) is 10.4. The average molecular weight is 193 g/mol. The SMILES string of the molecule is CCCNC(C(N)=O)c1ccncc1. The number of aromatic nitrogens is 1. The zero-order valence-electron chi connectivity index (χ0n) is 8.23. The van der Waals surface area contributed by atoms with Gasteiger partial charge in [0.05, 0.1) is 0 Å². The lowest BCUT2D eigenvalue weighted by atomic mass is 10.1. The summed E-state index contributed by atoms with van der Waals surface area (Å²) in [5, 5.41) is 3.08. The molecule has 0 saturated heterocycles. The molecule has 14 heavy (non-hydrogen) atoms. The zero-order valence-corrected chi connectivity index (χ0v) is 8.23. The van der Waals surface area contributed by atoms with Crippen molar-refractivity contribution < 1.29 is 4.79 Å². The highest BCUT2D eigenvalue weighted by Crippen LogP contribution is 2.10. The van der Waals surface area contributed by atoms with E-state index >= 15 is 0 Å². The van der Waals surface area contributed by atoms with Crippen LogP contribution in [0.15, 0.2) is 24.5 Å². The van der Waals surface area contributed by atoms with E-state index in [0.717, 1.165) is 18.5 Å². The number of carbonyl (C=O) groups is 1. The summed E-state index contributed by atoms with van der Waals surface area (Å²) in [5.41, 5.74) is 6.15. The first-order valence-electron chi connectivity index (χ1n) is 4.68. The lowest BCUT2D eigenvalue weighted by Crippen LogP contribution is -2.34. The summed E-state index contributed by atoms with van der Waals surface area (Å²) in [6.45, 7) is 2.81. The van der Waals surface area contributed by atoms with E-state index in [9.17, 15) is 4.79 Å². The minimum absolute atomic E-state index is 0.357. The molecule has 0 saturated carbocycles. The molecule has 1 aromatic rings. The summed E-state index contributed by atoms with van der Waals surface area (Å²) in [6.07, 6.45) is 4.27. The number of nitrogens with one attached hydrogen (secondary N) is 1. The van der Waals surface area contributed by atoms with Crippen LogP contribution in [-0.2, 0) is 4.79 Å². The molecule has 1 rings (SSSR count). The fraction of sp³-hybridized carbons (Fsp3) is 0.400. The van der Waals surface area contributed by atoms with Gasteiger partial charge in [-0.05, 0) is 30.7 Å². The van der Waals surface area contributed by atoms with Crippen molar-refractivity contribution in [3.63, 3.8) is 0 Å². The van der Waals surface area contributed by atoms with Crippen molar-refractivity contribution in [2.45, 2.75) is 19.4 Å². The molecule has 0 aliphatic heterocycles. The highest BCUT2D eigenvalue weighted by Gasteiger charge is 2.15. The summed E-state index contributed by atoms with van der Waals surface area (Å²) in [6, 6.07) is 3.17. The van der Waals surface area contributed by atoms with Gasteiger partial charge in [0.25, 0.3) is 0 Å². The Labute approximate surface area is 83.5 Å². The fourth-order valence-corrected chi connectivity index (χ4v) is 1.23. The maximum atomic E-state index is 11.1. The molecule has 1 heterocycles. The normalized spacial score (nSPS) is 12.4. The molecule has 0 fully saturated rings. The van der Waals surface area contributed by atoms with Gasteiger partial charge >= 0.3 is 0 Å². The summed E-state index contributed by atoms with van der Waals surface area (Å²) in [5.74, 6) is -0.357. The largest absolute Gasteiger partial charge is 0.368 e. The van der Waals surface area contributed by atoms with Crippen molar-refractivity contribution in [1.29, 1.82) is 0 Å². The van der Waals surface area contributed by atoms with Gasteiger partial charge in [0.1, 0.15) is 6.04 Å². The Hall–Kier alpha value is -1.42. The molecule has 1 amide bonds. The third-order valence-electron chi connectivity index (χ3n) is 1.92. The van der Waals surface area contributed by atoms with Gasteiger partial charge in [-0.15, -0.1) is 0 Å². The van der Waals surface area contributed by atoms with Gasteiger partial charge in [-0.1, -0.05) is 6.92 Å². The first kappa shape index (κ1) is 10.7. The number of primary amides is 1. The van der Waals surface area contributed by atoms with E-state index in [1.165, 1.54) is 0 Å². The van der Waals surface area contributed by atoms with Gasteiger partial charge in [-0.2, -0.15) is 0 Å². The summed E-state index contributed by atoms with van der Waals surface area (Å²) >= 11 is 0. The van der Waals surface area contributed by atoms with Gasteiger partial charge in [0.2, 0.25) is 5.91 Å². The van der Waals surface area contributed by atoms with Crippen molar-refractivity contribution in [2.24, 2.45) is 5.73 Å². The van der Waals surface area contributed by atoms with E-state index < -0.39 is 6.04 Å². The predicted octanol–water partition coefficient (Wildman–Crippen LogP) is 0.608. The van der Waals surface area contributed by atoms with E-state index in [2.05, 4.69) is 10.3 Å². The Morgan fingerprint density at radius 1 is 1.57 bits per heavy atom. The number of amides is 1. The molecule has 76 valence electrons. The van der Waals surface area contributed by atoms with Crippen LogP contribution in [0, 0.1) is 0 Å². The molecule has 0 aromatic carbocycles. The fourth-order valence-electron chi connectivity index (χ4n) is 1.23. The average Bonchev–Trinajstić information content (AvgIpc) is 2.19. The topological polar surface area (TPSA) is 68.0 Å². The van der Waals surface area contributed by atoms with Gasteiger partial charge in [-0.25, -0.2) is 0 Å². The molecular formula is C10H15N3O. The summed E-state index contributed by atoms with van der Waals surface area (Å²) in [4.78, 5) is 15.0. The Morgan fingerprint density at radius 2 is 2.21 bits per heavy atom. The minimum atomic E-state index is -0.405. The van der Waals surface area contributed by atoms with Crippen molar-refractivity contribution >= 4 is 5.91 Å². The molecule has 4 nitrogen and oxygen atoms in total. The summed E-state index contributed by atoms with van der Waals surface area (Å²) in [7, 11) is 0. The Morgan fingerprint density at radius 3 is 2.71 bits per heavy atom. The van der Waals surface area contributed by atoms with Crippen LogP contribution in [0.4, 0.5) is 0 Å². The molecule has 0 aliphatic rings. The quantitative estimate of drug-likeness (QED) is 0.719. The monoisotopic (exact) mass is 193 g/mol. The maximum absolute atomic E-state index is 11.1. The smallest absolute Gasteiger partial charge is 0.239 e. The Balaban J connectivity index is 2.73. The predicted molar refractivity (Wildman–Crippen MR) is 54.5 cm³/mol. The second-order valence-electron chi connectivity index (χ2n) is 3.07. The molecule has 0 aliphatic carbocycles. The van der Waals surface area contributed by atoms with Crippen LogP contribution in [0.2, 0.25) is 0 Å². The first-order chi connectivity index (χ1) is 6.75. The molecule has 0 spiro atoms. The third kappa shape index (κ3) is 2.81. The third-order valence-corrected chi connectivity index (χ3v) is 1.92. The number of nitrogens with two attached hydrogens (primary N) is 1. The highest BCUT2D eigenvalue weighted by atomic mass is 16.1. The summed E-state index contributed by atoms with van der Waals surface area (Å²) < 4.78 is 0. The van der Waals surface area contributed by atoms with Gasteiger partial charge in [0.15, 0.2) is 0 Å². The number of hydrogen-bond acceptors (Lipinski definition) is 3. The molecular weight excluding hydrogens is 178 g/mol. The maximum Gasteiger partial charge on any atom is 0.239 e. The number of nitrogens with zero attached hydrogens (tertiary/aromatic N) is 1. The standard InChI is InChI=1S/C10H15N3O/c1-2-5-13-9(10(11)14)8-3-6-12-7-4-8/h3-4,6-7,9,13H,2,5H2,1H3,(H2,11,14). The van der Waals surface area contributed by atoms with Crippen LogP contribution in [0.3, 0.4) is 0 Å². The molecule has 1 atom stereocenters. The van der Waals surface area contributed by atoms with Gasteiger partial charge in [-0.3, -0.25) is 9.78 Å². The van der Waals surface area contributed by atoms with E-state index in [1.807, 2.05) is 6.92 Å².